The number of nitrogens with one attached hydrogen (secondary N) is 1. The van der Waals surface area contributed by atoms with E-state index in [0.29, 0.717) is 6.04 Å². The molecule has 15 heavy (non-hydrogen) atoms. The van der Waals surface area contributed by atoms with Gasteiger partial charge in [0.2, 0.25) is 0 Å². The number of aliphatic hydroxyl groups excluding tert-OH is 2. The van der Waals surface area contributed by atoms with Crippen LogP contribution in [0, 0.1) is 0 Å². The highest BCUT2D eigenvalue weighted by Crippen LogP contribution is 2.26. The van der Waals surface area contributed by atoms with Crippen LogP contribution in [0.15, 0.2) is 12.1 Å². The number of fused-ring (bicyclic) bond motifs is 1. The highest BCUT2D eigenvalue weighted by atomic mass is 16.3. The van der Waals surface area contributed by atoms with Gasteiger partial charge in [-0.05, 0) is 42.1 Å². The second-order valence-electron chi connectivity index (χ2n) is 4.06. The number of hydrogen-bond acceptors (Lipinski definition) is 3. The van der Waals surface area contributed by atoms with Crippen molar-refractivity contribution in [2.24, 2.45) is 0 Å². The average molecular weight is 207 g/mol. The predicted molar refractivity (Wildman–Crippen MR) is 58.4 cm³/mol. The van der Waals surface area contributed by atoms with Crippen molar-refractivity contribution < 1.29 is 10.2 Å². The molecule has 0 fully saturated rings. The molecule has 1 atom stereocenters. The molecule has 1 aliphatic rings. The number of benzene rings is 1. The molecule has 0 saturated carbocycles. The van der Waals surface area contributed by atoms with Crippen LogP contribution < -0.4 is 5.32 Å². The summed E-state index contributed by atoms with van der Waals surface area (Å²) in [6.45, 7) is 3.11. The largest absolute Gasteiger partial charge is 0.392 e. The average Bonchev–Trinajstić information content (AvgIpc) is 2.28. The first-order chi connectivity index (χ1) is 7.26. The minimum atomic E-state index is -0.00407. The van der Waals surface area contributed by atoms with E-state index in [2.05, 4.69) is 12.2 Å². The Bertz CT molecular complexity index is 363. The van der Waals surface area contributed by atoms with Gasteiger partial charge in [-0.1, -0.05) is 12.1 Å². The smallest absolute Gasteiger partial charge is 0.0685 e. The molecule has 1 heterocycles. The molecule has 1 aliphatic heterocycles. The van der Waals surface area contributed by atoms with Gasteiger partial charge < -0.3 is 15.5 Å². The van der Waals surface area contributed by atoms with E-state index in [9.17, 15) is 10.2 Å². The fourth-order valence-corrected chi connectivity index (χ4v) is 2.21. The highest BCUT2D eigenvalue weighted by molar-refractivity contribution is 5.41. The summed E-state index contributed by atoms with van der Waals surface area (Å²) < 4.78 is 0. The topological polar surface area (TPSA) is 52.5 Å². The van der Waals surface area contributed by atoms with Crippen LogP contribution in [0.5, 0.6) is 0 Å². The van der Waals surface area contributed by atoms with Crippen LogP contribution in [0.3, 0.4) is 0 Å². The van der Waals surface area contributed by atoms with E-state index >= 15 is 0 Å². The Kier molecular flexibility index (Phi) is 3.05. The van der Waals surface area contributed by atoms with Gasteiger partial charge in [0.1, 0.15) is 0 Å². The Balaban J connectivity index is 2.48. The van der Waals surface area contributed by atoms with Crippen molar-refractivity contribution in [1.29, 1.82) is 0 Å². The second kappa shape index (κ2) is 4.31. The first-order valence-corrected chi connectivity index (χ1v) is 5.36. The van der Waals surface area contributed by atoms with E-state index in [1.165, 1.54) is 11.1 Å². The lowest BCUT2D eigenvalue weighted by Crippen LogP contribution is -2.28. The maximum Gasteiger partial charge on any atom is 0.0685 e. The fraction of sp³-hybridized carbons (Fsp3) is 0.500. The Labute approximate surface area is 89.8 Å². The molecule has 0 bridgehead atoms. The van der Waals surface area contributed by atoms with Crippen LogP contribution in [0.1, 0.15) is 35.2 Å². The van der Waals surface area contributed by atoms with Crippen LogP contribution in [-0.4, -0.2) is 16.8 Å². The predicted octanol–water partition coefficient (Wildman–Crippen LogP) is 0.878. The van der Waals surface area contributed by atoms with E-state index in [1.54, 1.807) is 0 Å². The lowest BCUT2D eigenvalue weighted by molar-refractivity contribution is 0.259. The summed E-state index contributed by atoms with van der Waals surface area (Å²) in [7, 11) is 0. The van der Waals surface area contributed by atoms with Crippen molar-refractivity contribution in [2.45, 2.75) is 32.6 Å². The third kappa shape index (κ3) is 1.91. The van der Waals surface area contributed by atoms with Crippen LogP contribution >= 0.6 is 0 Å². The van der Waals surface area contributed by atoms with Gasteiger partial charge in [-0.2, -0.15) is 0 Å². The molecule has 3 nitrogen and oxygen atoms in total. The molecule has 82 valence electrons. The van der Waals surface area contributed by atoms with Crippen LogP contribution in [-0.2, 0) is 19.6 Å². The van der Waals surface area contributed by atoms with Crippen molar-refractivity contribution in [3.05, 3.63) is 34.4 Å². The lowest BCUT2D eigenvalue weighted by atomic mass is 9.91. The summed E-state index contributed by atoms with van der Waals surface area (Å²) in [5, 5.41) is 21.8. The summed E-state index contributed by atoms with van der Waals surface area (Å²) >= 11 is 0. The summed E-state index contributed by atoms with van der Waals surface area (Å²) in [6, 6.07) is 4.38. The Morgan fingerprint density at radius 2 is 1.93 bits per heavy atom. The maximum atomic E-state index is 9.21. The normalized spacial score (nSPS) is 20.1. The molecule has 3 heteroatoms. The van der Waals surface area contributed by atoms with E-state index in [1.807, 2.05) is 12.1 Å². The highest BCUT2D eigenvalue weighted by Gasteiger charge is 2.17. The van der Waals surface area contributed by atoms with Crippen molar-refractivity contribution in [1.82, 2.24) is 5.32 Å². The molecule has 1 aromatic carbocycles. The minimum absolute atomic E-state index is 0.00407. The molecule has 2 rings (SSSR count). The van der Waals surface area contributed by atoms with Crippen molar-refractivity contribution in [3.8, 4) is 0 Å². The first kappa shape index (κ1) is 10.6. The van der Waals surface area contributed by atoms with Gasteiger partial charge >= 0.3 is 0 Å². The molecule has 0 aliphatic carbocycles. The third-order valence-corrected chi connectivity index (χ3v) is 3.11. The van der Waals surface area contributed by atoms with Gasteiger partial charge in [0.15, 0.2) is 0 Å². The molecular formula is C12H17NO2. The molecule has 1 aromatic rings. The molecule has 0 amide bonds. The molecule has 3 N–H and O–H groups in total. The molecular weight excluding hydrogens is 190 g/mol. The Morgan fingerprint density at radius 1 is 1.27 bits per heavy atom. The fourth-order valence-electron chi connectivity index (χ4n) is 2.21. The zero-order valence-electron chi connectivity index (χ0n) is 8.95. The van der Waals surface area contributed by atoms with Gasteiger partial charge in [-0.3, -0.25) is 0 Å². The van der Waals surface area contributed by atoms with Gasteiger partial charge in [-0.15, -0.1) is 0 Å². The van der Waals surface area contributed by atoms with Crippen molar-refractivity contribution >= 4 is 0 Å². The van der Waals surface area contributed by atoms with E-state index < -0.39 is 0 Å². The quantitative estimate of drug-likeness (QED) is 0.674. The lowest BCUT2D eigenvalue weighted by Gasteiger charge is -2.25. The monoisotopic (exact) mass is 207 g/mol. The Hall–Kier alpha value is -0.900. The molecule has 0 aromatic heterocycles. The van der Waals surface area contributed by atoms with Gasteiger partial charge in [0.05, 0.1) is 13.2 Å². The van der Waals surface area contributed by atoms with E-state index in [4.69, 9.17) is 0 Å². The van der Waals surface area contributed by atoms with Gasteiger partial charge in [0.25, 0.3) is 0 Å². The summed E-state index contributed by atoms with van der Waals surface area (Å²) in [4.78, 5) is 0. The number of hydrogen-bond donors (Lipinski definition) is 3. The minimum Gasteiger partial charge on any atom is -0.392 e. The van der Waals surface area contributed by atoms with Crippen molar-refractivity contribution in [3.63, 3.8) is 0 Å². The first-order valence-electron chi connectivity index (χ1n) is 5.36. The Morgan fingerprint density at radius 3 is 2.60 bits per heavy atom. The molecule has 0 spiro atoms. The van der Waals surface area contributed by atoms with E-state index in [-0.39, 0.29) is 13.2 Å². The summed E-state index contributed by atoms with van der Waals surface area (Å²) in [6.07, 6.45) is 0.998. The van der Waals surface area contributed by atoms with Gasteiger partial charge in [-0.25, -0.2) is 0 Å². The van der Waals surface area contributed by atoms with Gasteiger partial charge in [0, 0.05) is 6.04 Å². The second-order valence-corrected chi connectivity index (χ2v) is 4.06. The molecule has 0 radical (unpaired) electrons. The maximum absolute atomic E-state index is 9.21. The summed E-state index contributed by atoms with van der Waals surface area (Å²) in [5.41, 5.74) is 4.24. The standard InChI is InChI=1S/C12H17NO2/c1-8-12-5-11(7-15)10(6-14)4-9(12)2-3-13-8/h4-5,8,13-15H,2-3,6-7H2,1H3/t8-/m1/s1. The molecule has 0 unspecified atom stereocenters. The third-order valence-electron chi connectivity index (χ3n) is 3.11. The SMILES string of the molecule is C[C@H]1NCCc2cc(CO)c(CO)cc21. The zero-order valence-corrected chi connectivity index (χ0v) is 8.95. The van der Waals surface area contributed by atoms with Crippen LogP contribution in [0.4, 0.5) is 0 Å². The number of aliphatic hydroxyl groups is 2. The number of rotatable bonds is 2. The van der Waals surface area contributed by atoms with Crippen LogP contribution in [0.25, 0.3) is 0 Å². The van der Waals surface area contributed by atoms with E-state index in [0.717, 1.165) is 24.1 Å². The van der Waals surface area contributed by atoms with Crippen LogP contribution in [0.2, 0.25) is 0 Å². The zero-order chi connectivity index (χ0) is 10.8. The van der Waals surface area contributed by atoms with Crippen molar-refractivity contribution in [2.75, 3.05) is 6.54 Å². The molecule has 0 saturated heterocycles. The summed E-state index contributed by atoms with van der Waals surface area (Å²) in [5.74, 6) is 0.